The normalized spacial score (nSPS) is 16.5. The van der Waals surface area contributed by atoms with Gasteiger partial charge < -0.3 is 14.2 Å². The molecule has 1 aromatic heterocycles. The van der Waals surface area contributed by atoms with Gasteiger partial charge in [0.25, 0.3) is 0 Å². The lowest BCUT2D eigenvalue weighted by Crippen LogP contribution is -2.36. The van der Waals surface area contributed by atoms with Crippen LogP contribution in [-0.4, -0.2) is 25.8 Å². The van der Waals surface area contributed by atoms with Crippen molar-refractivity contribution in [1.29, 1.82) is 0 Å². The summed E-state index contributed by atoms with van der Waals surface area (Å²) < 4.78 is 16.7. The van der Waals surface area contributed by atoms with E-state index in [-0.39, 0.29) is 11.4 Å². The number of carbonyl (C=O) groups is 1. The van der Waals surface area contributed by atoms with E-state index >= 15 is 0 Å². The summed E-state index contributed by atoms with van der Waals surface area (Å²) in [6.45, 7) is 6.83. The first-order chi connectivity index (χ1) is 9.13. The summed E-state index contributed by atoms with van der Waals surface area (Å²) in [7, 11) is 0. The molecule has 5 heteroatoms. The molecule has 0 radical (unpaired) electrons. The molecule has 0 amide bonds. The molecule has 2 rings (SSSR count). The van der Waals surface area contributed by atoms with Crippen LogP contribution in [0.2, 0.25) is 0 Å². The van der Waals surface area contributed by atoms with Gasteiger partial charge >= 0.3 is 5.97 Å². The number of fused-ring (bicyclic) bond motifs is 1. The molecule has 0 unspecified atom stereocenters. The first-order valence-corrected chi connectivity index (χ1v) is 7.15. The average molecular weight is 282 g/mol. The zero-order valence-corrected chi connectivity index (χ0v) is 11.8. The maximum absolute atomic E-state index is 11.5. The molecule has 4 nitrogen and oxygen atoms in total. The Labute approximate surface area is 117 Å². The molecule has 0 fully saturated rings. The predicted molar refractivity (Wildman–Crippen MR) is 73.8 cm³/mol. The minimum atomic E-state index is -0.319. The smallest absolute Gasteiger partial charge is 0.306 e. The second-order valence-corrected chi connectivity index (χ2v) is 5.72. The number of rotatable bonds is 5. The van der Waals surface area contributed by atoms with Crippen LogP contribution in [-0.2, 0) is 9.53 Å². The molecule has 2 heterocycles. The summed E-state index contributed by atoms with van der Waals surface area (Å²) in [5.74, 6) is 1.33. The molecule has 19 heavy (non-hydrogen) atoms. The number of ether oxygens (including phenoxy) is 3. The van der Waals surface area contributed by atoms with Crippen molar-refractivity contribution in [2.75, 3.05) is 19.8 Å². The number of hydrogen-bond acceptors (Lipinski definition) is 5. The van der Waals surface area contributed by atoms with Crippen molar-refractivity contribution in [3.8, 4) is 11.5 Å². The Morgan fingerprint density at radius 3 is 2.68 bits per heavy atom. The fraction of sp³-hybridized carbons (Fsp3) is 0.500. The fourth-order valence-electron chi connectivity index (χ4n) is 1.66. The van der Waals surface area contributed by atoms with E-state index in [0.29, 0.717) is 32.7 Å². The molecule has 0 bridgehead atoms. The van der Waals surface area contributed by atoms with Crippen LogP contribution >= 0.6 is 11.3 Å². The zero-order valence-electron chi connectivity index (χ0n) is 11.0. The van der Waals surface area contributed by atoms with E-state index in [1.54, 1.807) is 17.4 Å². The summed E-state index contributed by atoms with van der Waals surface area (Å²) in [4.78, 5) is 11.5. The van der Waals surface area contributed by atoms with Crippen LogP contribution in [0.3, 0.4) is 0 Å². The Morgan fingerprint density at radius 1 is 1.47 bits per heavy atom. The lowest BCUT2D eigenvalue weighted by Gasteiger charge is -2.25. The molecule has 0 aliphatic carbocycles. The quantitative estimate of drug-likeness (QED) is 0.615. The molecule has 104 valence electrons. The highest BCUT2D eigenvalue weighted by molar-refractivity contribution is 7.08. The number of thiophene rings is 1. The molecular weight excluding hydrogens is 264 g/mol. The molecule has 1 aliphatic rings. The van der Waals surface area contributed by atoms with Crippen molar-refractivity contribution in [3.63, 3.8) is 0 Å². The first-order valence-electron chi connectivity index (χ1n) is 6.21. The summed E-state index contributed by atoms with van der Waals surface area (Å²) in [5, 5.41) is 3.83. The Bertz CT molecular complexity index is 430. The Hall–Kier alpha value is -1.49. The Kier molecular flexibility index (Phi) is 4.47. The van der Waals surface area contributed by atoms with Crippen LogP contribution < -0.4 is 9.47 Å². The first kappa shape index (κ1) is 13.9. The van der Waals surface area contributed by atoms with Crippen LogP contribution in [0.4, 0.5) is 0 Å². The summed E-state index contributed by atoms with van der Waals surface area (Å²) in [6.07, 6.45) is 2.71. The Morgan fingerprint density at radius 2 is 2.11 bits per heavy atom. The SMILES string of the molecule is C=CCCC(=O)OCC1(C)COc2cscc2OC1. The molecular formula is C14H18O4S. The second-order valence-electron chi connectivity index (χ2n) is 4.98. The summed E-state index contributed by atoms with van der Waals surface area (Å²) >= 11 is 1.55. The second kappa shape index (κ2) is 6.10. The van der Waals surface area contributed by atoms with Gasteiger partial charge in [-0.3, -0.25) is 4.79 Å². The molecule has 1 aromatic rings. The molecule has 0 saturated heterocycles. The van der Waals surface area contributed by atoms with Crippen molar-refractivity contribution in [2.24, 2.45) is 5.41 Å². The largest absolute Gasteiger partial charge is 0.488 e. The minimum absolute atomic E-state index is 0.209. The van der Waals surface area contributed by atoms with Gasteiger partial charge in [0.05, 0.1) is 5.41 Å². The van der Waals surface area contributed by atoms with Crippen LogP contribution in [0.5, 0.6) is 11.5 Å². The third kappa shape index (κ3) is 3.73. The molecule has 0 aromatic carbocycles. The maximum Gasteiger partial charge on any atom is 0.306 e. The predicted octanol–water partition coefficient (Wildman–Crippen LogP) is 3.04. The minimum Gasteiger partial charge on any atom is -0.488 e. The highest BCUT2D eigenvalue weighted by Gasteiger charge is 2.32. The highest BCUT2D eigenvalue weighted by Crippen LogP contribution is 2.36. The van der Waals surface area contributed by atoms with Crippen molar-refractivity contribution < 1.29 is 19.0 Å². The van der Waals surface area contributed by atoms with Gasteiger partial charge in [-0.15, -0.1) is 17.9 Å². The number of allylic oxidation sites excluding steroid dienone is 1. The summed E-state index contributed by atoms with van der Waals surface area (Å²) in [6, 6.07) is 0. The van der Waals surface area contributed by atoms with E-state index in [4.69, 9.17) is 14.2 Å². The van der Waals surface area contributed by atoms with E-state index in [2.05, 4.69) is 6.58 Å². The van der Waals surface area contributed by atoms with Gasteiger partial charge in [0.1, 0.15) is 19.8 Å². The van der Waals surface area contributed by atoms with Gasteiger partial charge in [-0.2, -0.15) is 0 Å². The van der Waals surface area contributed by atoms with Gasteiger partial charge in [-0.1, -0.05) is 6.08 Å². The van der Waals surface area contributed by atoms with Crippen molar-refractivity contribution >= 4 is 17.3 Å². The van der Waals surface area contributed by atoms with Gasteiger partial charge in [0, 0.05) is 17.2 Å². The topological polar surface area (TPSA) is 44.8 Å². The molecule has 0 N–H and O–H groups in total. The van der Waals surface area contributed by atoms with E-state index < -0.39 is 0 Å². The fourth-order valence-corrected chi connectivity index (χ4v) is 2.34. The van der Waals surface area contributed by atoms with Gasteiger partial charge in [0.15, 0.2) is 11.5 Å². The average Bonchev–Trinajstić information content (AvgIpc) is 2.80. The zero-order chi connectivity index (χ0) is 13.7. The number of carbonyl (C=O) groups excluding carboxylic acids is 1. The monoisotopic (exact) mass is 282 g/mol. The highest BCUT2D eigenvalue weighted by atomic mass is 32.1. The van der Waals surface area contributed by atoms with Gasteiger partial charge in [-0.25, -0.2) is 0 Å². The van der Waals surface area contributed by atoms with Crippen molar-refractivity contribution in [1.82, 2.24) is 0 Å². The van der Waals surface area contributed by atoms with Gasteiger partial charge in [0.2, 0.25) is 0 Å². The van der Waals surface area contributed by atoms with Crippen LogP contribution in [0.25, 0.3) is 0 Å². The number of esters is 1. The maximum atomic E-state index is 11.5. The van der Waals surface area contributed by atoms with Crippen molar-refractivity contribution in [2.45, 2.75) is 19.8 Å². The third-order valence-corrected chi connectivity index (χ3v) is 3.58. The molecule has 0 spiro atoms. The lowest BCUT2D eigenvalue weighted by atomic mass is 9.94. The molecule has 1 aliphatic heterocycles. The molecule has 0 atom stereocenters. The number of hydrogen-bond donors (Lipinski definition) is 0. The Balaban J connectivity index is 1.84. The molecule has 0 saturated carbocycles. The van der Waals surface area contributed by atoms with E-state index in [1.807, 2.05) is 17.7 Å². The van der Waals surface area contributed by atoms with Crippen LogP contribution in [0.1, 0.15) is 19.8 Å². The van der Waals surface area contributed by atoms with Crippen LogP contribution in [0, 0.1) is 5.41 Å². The van der Waals surface area contributed by atoms with E-state index in [9.17, 15) is 4.79 Å². The summed E-state index contributed by atoms with van der Waals surface area (Å²) in [5.41, 5.74) is -0.319. The van der Waals surface area contributed by atoms with Gasteiger partial charge in [-0.05, 0) is 13.3 Å². The lowest BCUT2D eigenvalue weighted by molar-refractivity contribution is -0.148. The van der Waals surface area contributed by atoms with E-state index in [0.717, 1.165) is 11.5 Å². The van der Waals surface area contributed by atoms with Crippen LogP contribution in [0.15, 0.2) is 23.4 Å². The standard InChI is InChI=1S/C14H18O4S/c1-3-4-5-13(15)18-10-14(2)8-16-11-6-19-7-12(11)17-9-14/h3,6-7H,1,4-5,8-10H2,2H3. The van der Waals surface area contributed by atoms with Crippen molar-refractivity contribution in [3.05, 3.63) is 23.4 Å². The third-order valence-electron chi connectivity index (χ3n) is 2.88. The van der Waals surface area contributed by atoms with E-state index in [1.165, 1.54) is 0 Å².